The van der Waals surface area contributed by atoms with Crippen molar-refractivity contribution in [1.82, 2.24) is 0 Å². The topological polar surface area (TPSA) is 159 Å². The SMILES string of the molecule is C.C.C#CC1CCC2C3CCc4cc(O)ccc4C3CCC12C.C#C[C@H]1CCC2C3CCc4cc(O)ccc4C3CCC21C.C#C[C@]1(O)CCC2C3CCc4cc(O)ccc4C3CCC21C.C=C=C1CCC2C3CCc4cc(O)ccc4C3CCC12C.C=CC1=CCC2C3CCc4cc(O)ccc4C3CCC12C.C=C[C@H]1CCC2C3CCC4=CC(=O)CCC4C3CCC21C.C=C[C@H]1CCC2C3CCC4=C[C@@H](O)CCC4C3CCC21C. The van der Waals surface area contributed by atoms with Crippen LogP contribution >= 0.6 is 0 Å². The largest absolute Gasteiger partial charge is 0.508 e. The van der Waals surface area contributed by atoms with E-state index in [2.05, 4.69) is 159 Å². The third-order valence-corrected chi connectivity index (χ3v) is 49.6. The molecule has 28 rings (SSSR count). The first-order valence-electron chi connectivity index (χ1n) is 60.1. The molecule has 15 fully saturated rings. The van der Waals surface area contributed by atoms with Crippen molar-refractivity contribution in [2.45, 2.75) is 394 Å². The van der Waals surface area contributed by atoms with Crippen molar-refractivity contribution in [2.75, 3.05) is 0 Å². The van der Waals surface area contributed by atoms with Crippen LogP contribution in [0.5, 0.6) is 28.7 Å². The lowest BCUT2D eigenvalue weighted by Crippen LogP contribution is -2.50. The minimum Gasteiger partial charge on any atom is -0.508 e. The number of hydrogen-bond acceptors (Lipinski definition) is 8. The first kappa shape index (κ1) is 108. The summed E-state index contributed by atoms with van der Waals surface area (Å²) in [4.78, 5) is 11.7. The number of fused-ring (bicyclic) bond motifs is 35. The average Bonchev–Trinajstić information content (AvgIpc) is 1.54. The molecule has 5 aromatic rings. The van der Waals surface area contributed by atoms with Crippen LogP contribution < -0.4 is 0 Å². The molecule has 802 valence electrons. The van der Waals surface area contributed by atoms with E-state index in [-0.39, 0.29) is 26.4 Å². The predicted octanol–water partition coefficient (Wildman–Crippen LogP) is 33.5. The zero-order valence-corrected chi connectivity index (χ0v) is 91.2. The summed E-state index contributed by atoms with van der Waals surface area (Å²) in [6.07, 6.45) is 85.7. The Balaban J connectivity index is 0.000000106. The first-order valence-corrected chi connectivity index (χ1v) is 60.1. The number of rotatable bonds is 3. The zero-order chi connectivity index (χ0) is 103. The Hall–Kier alpha value is -8.67. The van der Waals surface area contributed by atoms with Gasteiger partial charge in [0.2, 0.25) is 0 Å². The summed E-state index contributed by atoms with van der Waals surface area (Å²) in [5, 5.41) is 69.4. The van der Waals surface area contributed by atoms with Gasteiger partial charge in [-0.25, -0.2) is 0 Å². The Bertz CT molecular complexity index is 6070. The third kappa shape index (κ3) is 18.3. The van der Waals surface area contributed by atoms with Crippen molar-refractivity contribution in [3.8, 4) is 65.8 Å². The highest BCUT2D eigenvalue weighted by molar-refractivity contribution is 5.91. The van der Waals surface area contributed by atoms with Gasteiger partial charge in [0.05, 0.1) is 6.10 Å². The molecule has 0 radical (unpaired) electrons. The molecular formula is C142H186O8. The van der Waals surface area contributed by atoms with E-state index in [0.717, 1.165) is 190 Å². The molecule has 23 aliphatic carbocycles. The van der Waals surface area contributed by atoms with Gasteiger partial charge in [0.1, 0.15) is 34.3 Å². The van der Waals surface area contributed by atoms with Gasteiger partial charge in [-0.1, -0.05) is 154 Å². The molecule has 5 aromatic carbocycles. The summed E-state index contributed by atoms with van der Waals surface area (Å²) in [7, 11) is 0. The molecule has 7 N–H and O–H groups in total. The predicted molar refractivity (Wildman–Crippen MR) is 614 cm³/mol. The van der Waals surface area contributed by atoms with Gasteiger partial charge >= 0.3 is 0 Å². The number of benzene rings is 5. The van der Waals surface area contributed by atoms with E-state index < -0.39 is 5.60 Å². The summed E-state index contributed by atoms with van der Waals surface area (Å²) < 4.78 is 0. The number of phenolic OH excluding ortho intramolecular Hbond substituents is 5. The van der Waals surface area contributed by atoms with Crippen molar-refractivity contribution in [3.63, 3.8) is 0 Å². The molecule has 31 unspecified atom stereocenters. The van der Waals surface area contributed by atoms with Gasteiger partial charge in [-0.15, -0.1) is 50.0 Å². The lowest BCUT2D eigenvalue weighted by atomic mass is 9.51. The number of aromatic hydroxyl groups is 5. The number of terminal acetylenes is 3. The normalized spacial score (nSPS) is 42.3. The average molecular weight is 2020 g/mol. The lowest BCUT2D eigenvalue weighted by Gasteiger charge is -2.54. The lowest BCUT2D eigenvalue weighted by molar-refractivity contribution is -0.116. The van der Waals surface area contributed by atoms with Crippen LogP contribution in [0.4, 0.5) is 0 Å². The highest BCUT2D eigenvalue weighted by atomic mass is 16.3. The van der Waals surface area contributed by atoms with E-state index >= 15 is 0 Å². The van der Waals surface area contributed by atoms with Gasteiger partial charge in [0.25, 0.3) is 0 Å². The summed E-state index contributed by atoms with van der Waals surface area (Å²) >= 11 is 0. The van der Waals surface area contributed by atoms with Gasteiger partial charge in [-0.05, 0) is 596 Å². The van der Waals surface area contributed by atoms with E-state index in [9.17, 15) is 40.5 Å². The van der Waals surface area contributed by atoms with E-state index in [1.54, 1.807) is 5.57 Å². The van der Waals surface area contributed by atoms with Gasteiger partial charge in [0.15, 0.2) is 5.78 Å². The van der Waals surface area contributed by atoms with Crippen molar-refractivity contribution in [3.05, 3.63) is 237 Å². The third-order valence-electron chi connectivity index (χ3n) is 49.6. The quantitative estimate of drug-likeness (QED) is 0.0534. The summed E-state index contributed by atoms with van der Waals surface area (Å²) in [5.74, 6) is 31.8. The van der Waals surface area contributed by atoms with Crippen molar-refractivity contribution < 1.29 is 40.5 Å². The minimum atomic E-state index is -0.919. The summed E-state index contributed by atoms with van der Waals surface area (Å²) in [6, 6.07) is 30.0. The smallest absolute Gasteiger partial charge is 0.155 e. The number of phenols is 5. The summed E-state index contributed by atoms with van der Waals surface area (Å²) in [6.45, 7) is 33.4. The number of allylic oxidation sites excluding steroid dienone is 8. The highest BCUT2D eigenvalue weighted by Gasteiger charge is 2.65. The Morgan fingerprint density at radius 1 is 0.347 bits per heavy atom. The number of aliphatic hydroxyl groups excluding tert-OH is 1. The standard InChI is InChI=1S/C20H24O2.C20H30O.C20H28O.4C20H24O.2CH4/c1-3-20(22)11-9-18-17-6-4-13-12-14(21)5-7-15(13)16(17)8-10-19(18,20)2;6*1-3-14-5-9-19-18-7-4-13-12-15(21)6-8-16(13)17(18)10-11-20(14,19)2;;/h1,5,7,12,16-18,21-22H,4,6,8-11H2,2H3;3,12,14-19,21H,1,4-11H2,2H3;3,12,14,16-19H,1,4-11H2,2H3;6,8,12,17-19,21H,1,4-5,7,9-11H2,2H3;3,5-6,8,12,17-19,21H,1,4,7,9-11H2,2H3;2*1,6,8,12,14,17-19,21H,4-5,7,9-11H2,2H3;2*1H4/t16?,17?,18?,19?,20-;14-,15-,16?,17?,18?,19?,20?;14-,16?,17?,18?,19?,20?;;;14-,17?,18?,19?,20?;;;/m000..0.../s1. The molecular weight excluding hydrogens is 1830 g/mol. The second kappa shape index (κ2) is 42.4. The van der Waals surface area contributed by atoms with Crippen LogP contribution in [0.2, 0.25) is 0 Å². The molecule has 0 spiro atoms. The Kier molecular flexibility index (Phi) is 30.6. The molecule has 150 heavy (non-hydrogen) atoms. The van der Waals surface area contributed by atoms with E-state index in [1.165, 1.54) is 278 Å². The number of aliphatic hydroxyl groups is 2. The Morgan fingerprint density at radius 2 is 0.727 bits per heavy atom. The van der Waals surface area contributed by atoms with Crippen LogP contribution in [0.25, 0.3) is 0 Å². The highest BCUT2D eigenvalue weighted by Crippen LogP contribution is 2.72. The molecule has 0 bridgehead atoms. The maximum Gasteiger partial charge on any atom is 0.155 e. The first-order chi connectivity index (χ1) is 71.3. The van der Waals surface area contributed by atoms with Crippen LogP contribution in [0.3, 0.4) is 0 Å². The molecule has 0 heterocycles. The van der Waals surface area contributed by atoms with Crippen LogP contribution in [0.1, 0.15) is 405 Å². The van der Waals surface area contributed by atoms with Gasteiger partial charge in [-0.2, -0.15) is 0 Å². The van der Waals surface area contributed by atoms with Crippen LogP contribution in [-0.4, -0.2) is 53.2 Å². The molecule has 23 aliphatic rings. The van der Waals surface area contributed by atoms with Crippen molar-refractivity contribution in [1.29, 1.82) is 0 Å². The van der Waals surface area contributed by atoms with Crippen LogP contribution in [-0.2, 0) is 36.9 Å². The van der Waals surface area contributed by atoms with E-state index in [4.69, 9.17) is 19.3 Å². The number of carbonyl (C=O) groups is 1. The van der Waals surface area contributed by atoms with E-state index in [0.29, 0.717) is 120 Å². The van der Waals surface area contributed by atoms with Crippen LogP contribution in [0, 0.1) is 205 Å². The van der Waals surface area contributed by atoms with Gasteiger partial charge < -0.3 is 35.7 Å². The molecule has 8 nitrogen and oxygen atoms in total. The second-order valence-electron chi connectivity index (χ2n) is 54.6. The number of hydrogen-bond donors (Lipinski definition) is 7. The summed E-state index contributed by atoms with van der Waals surface area (Å²) in [5.41, 5.74) is 25.2. The Morgan fingerprint density at radius 3 is 1.15 bits per heavy atom. The second-order valence-corrected chi connectivity index (χ2v) is 54.6. The van der Waals surface area contributed by atoms with Crippen molar-refractivity contribution >= 4 is 5.78 Å². The number of carbonyl (C=O) groups excluding carboxylic acids is 1. The molecule has 8 heteroatoms. The maximum absolute atomic E-state index is 11.7. The van der Waals surface area contributed by atoms with E-state index in [1.807, 2.05) is 66.7 Å². The zero-order valence-electron chi connectivity index (χ0n) is 91.2. The number of ketones is 1. The van der Waals surface area contributed by atoms with Crippen molar-refractivity contribution in [2.24, 2.45) is 168 Å². The maximum atomic E-state index is 11.7. The fourth-order valence-corrected chi connectivity index (χ4v) is 42.0. The van der Waals surface area contributed by atoms with Crippen LogP contribution in [0.15, 0.2) is 182 Å². The molecule has 0 aliphatic heterocycles. The molecule has 15 saturated carbocycles. The van der Waals surface area contributed by atoms with Gasteiger partial charge in [0, 0.05) is 23.7 Å². The minimum absolute atomic E-state index is 0. The number of aryl methyl sites for hydroxylation is 5. The monoisotopic (exact) mass is 2020 g/mol. The molecule has 36 atom stereocenters. The molecule has 0 aromatic heterocycles. The fourth-order valence-electron chi connectivity index (χ4n) is 42.0. The van der Waals surface area contributed by atoms with Gasteiger partial charge in [-0.3, -0.25) is 4.79 Å². The fraction of sp³-hybridized carbons (Fsp3) is 0.634. The molecule has 0 amide bonds. The Labute approximate surface area is 905 Å². The molecule has 0 saturated heterocycles.